The van der Waals surface area contributed by atoms with Gasteiger partial charge < -0.3 is 9.15 Å². The highest BCUT2D eigenvalue weighted by Gasteiger charge is 2.29. The average molecular weight is 346 g/mol. The number of aromatic nitrogens is 1. The summed E-state index contributed by atoms with van der Waals surface area (Å²) in [6, 6.07) is 11.2. The molecule has 0 amide bonds. The van der Waals surface area contributed by atoms with Crippen molar-refractivity contribution in [1.82, 2.24) is 9.29 Å². The highest BCUT2D eigenvalue weighted by atomic mass is 32.2. The van der Waals surface area contributed by atoms with Crippen LogP contribution in [-0.2, 0) is 17.1 Å². The van der Waals surface area contributed by atoms with Gasteiger partial charge in [0.25, 0.3) is 0 Å². The third-order valence-electron chi connectivity index (χ3n) is 4.07. The number of rotatable bonds is 3. The van der Waals surface area contributed by atoms with Gasteiger partial charge in [-0.25, -0.2) is 17.9 Å². The largest absolute Gasteiger partial charge is 0.491 e. The Labute approximate surface area is 137 Å². The Bertz CT molecular complexity index is 1100. The Morgan fingerprint density at radius 1 is 1.21 bits per heavy atom. The lowest BCUT2D eigenvalue weighted by Gasteiger charge is -2.12. The molecule has 24 heavy (non-hydrogen) atoms. The van der Waals surface area contributed by atoms with Crippen LogP contribution in [0.4, 0.5) is 0 Å². The lowest BCUT2D eigenvalue weighted by atomic mass is 10.1. The Balaban J connectivity index is 1.70. The number of fused-ring (bicyclic) bond motifs is 2. The second-order valence-electron chi connectivity index (χ2n) is 5.58. The molecule has 8 heteroatoms. The van der Waals surface area contributed by atoms with Gasteiger partial charge in [0.2, 0.25) is 10.0 Å². The number of benzene rings is 2. The predicted octanol–water partition coefficient (Wildman–Crippen LogP) is 1.54. The van der Waals surface area contributed by atoms with Crippen molar-refractivity contribution < 1.29 is 17.6 Å². The molecular weight excluding hydrogens is 332 g/mol. The minimum absolute atomic E-state index is 0.0359. The van der Waals surface area contributed by atoms with Crippen LogP contribution in [0.25, 0.3) is 11.1 Å². The molecule has 1 unspecified atom stereocenters. The van der Waals surface area contributed by atoms with E-state index in [0.29, 0.717) is 11.3 Å². The number of oxazole rings is 1. The maximum absolute atomic E-state index is 12.6. The molecule has 124 valence electrons. The molecule has 1 aliphatic rings. The number of hydrogen-bond donors (Lipinski definition) is 1. The molecule has 0 aliphatic carbocycles. The van der Waals surface area contributed by atoms with E-state index in [4.69, 9.17) is 9.15 Å². The number of sulfonamides is 1. The molecule has 1 aromatic heterocycles. The Morgan fingerprint density at radius 3 is 2.83 bits per heavy atom. The van der Waals surface area contributed by atoms with Crippen molar-refractivity contribution in [1.29, 1.82) is 0 Å². The van der Waals surface area contributed by atoms with Crippen LogP contribution >= 0.6 is 0 Å². The van der Waals surface area contributed by atoms with E-state index in [-0.39, 0.29) is 17.1 Å². The smallest absolute Gasteiger partial charge is 0.419 e. The van der Waals surface area contributed by atoms with Crippen molar-refractivity contribution in [3.63, 3.8) is 0 Å². The summed E-state index contributed by atoms with van der Waals surface area (Å²) in [6.45, 7) is 0.237. The molecule has 1 atom stereocenters. The maximum Gasteiger partial charge on any atom is 0.419 e. The van der Waals surface area contributed by atoms with E-state index in [1.807, 2.05) is 18.2 Å². The van der Waals surface area contributed by atoms with E-state index < -0.39 is 21.8 Å². The molecule has 0 spiro atoms. The summed E-state index contributed by atoms with van der Waals surface area (Å²) in [5.74, 6) is 0.139. The summed E-state index contributed by atoms with van der Waals surface area (Å²) in [5.41, 5.74) is 1.57. The monoisotopic (exact) mass is 346 g/mol. The van der Waals surface area contributed by atoms with Gasteiger partial charge >= 0.3 is 5.76 Å². The quantitative estimate of drug-likeness (QED) is 0.777. The third kappa shape index (κ3) is 2.31. The van der Waals surface area contributed by atoms with Crippen LogP contribution in [0.2, 0.25) is 0 Å². The molecule has 1 aliphatic heterocycles. The van der Waals surface area contributed by atoms with Crippen LogP contribution in [0.15, 0.2) is 56.6 Å². The highest BCUT2D eigenvalue weighted by Crippen LogP contribution is 2.32. The number of nitrogens with zero attached hydrogens (tertiary/aromatic N) is 1. The minimum atomic E-state index is -3.78. The summed E-state index contributed by atoms with van der Waals surface area (Å²) in [4.78, 5) is 11.6. The van der Waals surface area contributed by atoms with Gasteiger partial charge in [-0.2, -0.15) is 0 Å². The predicted molar refractivity (Wildman–Crippen MR) is 86.5 cm³/mol. The van der Waals surface area contributed by atoms with Crippen LogP contribution in [-0.4, -0.2) is 19.6 Å². The summed E-state index contributed by atoms with van der Waals surface area (Å²) in [7, 11) is -2.22. The third-order valence-corrected chi connectivity index (χ3v) is 5.54. The molecule has 0 fully saturated rings. The average Bonchev–Trinajstić information content (AvgIpc) is 3.09. The molecule has 0 saturated carbocycles. The fraction of sp³-hybridized carbons (Fsp3) is 0.188. The lowest BCUT2D eigenvalue weighted by Crippen LogP contribution is -2.29. The standard InChI is InChI=1S/C16H14N2O5S/c1-18-13-7-6-10(8-15(13)23-16(18)19)24(20,21)17-12-9-22-14-5-3-2-4-11(12)14/h2-8,12,17H,9H2,1H3. The van der Waals surface area contributed by atoms with Crippen molar-refractivity contribution in [3.05, 3.63) is 58.6 Å². The van der Waals surface area contributed by atoms with E-state index in [0.717, 1.165) is 5.56 Å². The molecule has 2 aromatic carbocycles. The number of aryl methyl sites for hydroxylation is 1. The first kappa shape index (κ1) is 15.0. The number of ether oxygens (including phenoxy) is 1. The lowest BCUT2D eigenvalue weighted by molar-refractivity contribution is 0.325. The van der Waals surface area contributed by atoms with Gasteiger partial charge in [0.15, 0.2) is 5.58 Å². The van der Waals surface area contributed by atoms with Crippen molar-refractivity contribution in [2.24, 2.45) is 7.05 Å². The van der Waals surface area contributed by atoms with Gasteiger partial charge in [-0.05, 0) is 18.2 Å². The van der Waals surface area contributed by atoms with Gasteiger partial charge in [0, 0.05) is 18.7 Å². The van der Waals surface area contributed by atoms with Crippen LogP contribution in [0.1, 0.15) is 11.6 Å². The molecule has 0 radical (unpaired) electrons. The van der Waals surface area contributed by atoms with Crippen molar-refractivity contribution in [2.75, 3.05) is 6.61 Å². The van der Waals surface area contributed by atoms with Crippen LogP contribution in [0.3, 0.4) is 0 Å². The highest BCUT2D eigenvalue weighted by molar-refractivity contribution is 7.89. The SMILES string of the molecule is Cn1c(=O)oc2cc(S(=O)(=O)NC3COc4ccccc43)ccc21. The molecule has 2 heterocycles. The number of nitrogens with one attached hydrogen (secondary N) is 1. The summed E-state index contributed by atoms with van der Waals surface area (Å²) in [5, 5.41) is 0. The first-order valence-electron chi connectivity index (χ1n) is 7.29. The van der Waals surface area contributed by atoms with E-state index in [1.54, 1.807) is 19.2 Å². The zero-order valence-corrected chi connectivity index (χ0v) is 13.5. The van der Waals surface area contributed by atoms with E-state index in [2.05, 4.69) is 4.72 Å². The van der Waals surface area contributed by atoms with Crippen LogP contribution in [0, 0.1) is 0 Å². The second kappa shape index (κ2) is 5.22. The summed E-state index contributed by atoms with van der Waals surface area (Å²) in [6.07, 6.45) is 0. The Morgan fingerprint density at radius 2 is 2.00 bits per heavy atom. The van der Waals surface area contributed by atoms with Crippen LogP contribution in [0.5, 0.6) is 5.75 Å². The fourth-order valence-corrected chi connectivity index (χ4v) is 4.01. The van der Waals surface area contributed by atoms with Gasteiger partial charge in [-0.3, -0.25) is 4.57 Å². The molecular formula is C16H14N2O5S. The van der Waals surface area contributed by atoms with Crippen molar-refractivity contribution in [2.45, 2.75) is 10.9 Å². The molecule has 0 saturated heterocycles. The summed E-state index contributed by atoms with van der Waals surface area (Å²) >= 11 is 0. The van der Waals surface area contributed by atoms with E-state index >= 15 is 0 Å². The normalized spacial score (nSPS) is 17.0. The molecule has 0 bridgehead atoms. The van der Waals surface area contributed by atoms with Crippen molar-refractivity contribution in [3.8, 4) is 5.75 Å². The fourth-order valence-electron chi connectivity index (χ4n) is 2.80. The minimum Gasteiger partial charge on any atom is -0.491 e. The Kier molecular flexibility index (Phi) is 3.26. The molecule has 3 aromatic rings. The zero-order valence-electron chi connectivity index (χ0n) is 12.7. The first-order chi connectivity index (χ1) is 11.5. The van der Waals surface area contributed by atoms with Gasteiger partial charge in [0.1, 0.15) is 12.4 Å². The zero-order chi connectivity index (χ0) is 16.9. The van der Waals surface area contributed by atoms with E-state index in [9.17, 15) is 13.2 Å². The number of para-hydroxylation sites is 1. The van der Waals surface area contributed by atoms with Crippen molar-refractivity contribution >= 4 is 21.1 Å². The van der Waals surface area contributed by atoms with Gasteiger partial charge in [-0.15, -0.1) is 0 Å². The van der Waals surface area contributed by atoms with Crippen LogP contribution < -0.4 is 15.2 Å². The molecule has 4 rings (SSSR count). The second-order valence-corrected chi connectivity index (χ2v) is 7.29. The van der Waals surface area contributed by atoms with Gasteiger partial charge in [-0.1, -0.05) is 18.2 Å². The first-order valence-corrected chi connectivity index (χ1v) is 8.78. The van der Waals surface area contributed by atoms with Gasteiger partial charge in [0.05, 0.1) is 16.5 Å². The topological polar surface area (TPSA) is 90.5 Å². The van der Waals surface area contributed by atoms with E-state index in [1.165, 1.54) is 16.7 Å². The molecule has 1 N–H and O–H groups in total. The molecule has 7 nitrogen and oxygen atoms in total. The maximum atomic E-state index is 12.6. The Hall–Kier alpha value is -2.58. The summed E-state index contributed by atoms with van der Waals surface area (Å²) < 4.78 is 39.8. The number of hydrogen-bond acceptors (Lipinski definition) is 5.